The molecule has 0 aliphatic heterocycles. The van der Waals surface area contributed by atoms with Crippen LogP contribution < -0.4 is 15.4 Å². The first-order valence-electron chi connectivity index (χ1n) is 10.6. The van der Waals surface area contributed by atoms with Crippen molar-refractivity contribution >= 4 is 23.1 Å². The van der Waals surface area contributed by atoms with E-state index >= 15 is 0 Å². The van der Waals surface area contributed by atoms with Gasteiger partial charge in [-0.05, 0) is 49.7 Å². The van der Waals surface area contributed by atoms with E-state index in [2.05, 4.69) is 27.5 Å². The van der Waals surface area contributed by atoms with Gasteiger partial charge in [-0.2, -0.15) is 18.2 Å². The number of nitrogens with one attached hydrogen (secondary N) is 2. The summed E-state index contributed by atoms with van der Waals surface area (Å²) in [4.78, 5) is 7.90. The molecule has 8 heteroatoms. The minimum Gasteiger partial charge on any atom is -0.494 e. The molecule has 0 amide bonds. The van der Waals surface area contributed by atoms with Crippen molar-refractivity contribution in [2.75, 3.05) is 17.2 Å². The molecule has 0 fully saturated rings. The Balaban J connectivity index is 1.72. The summed E-state index contributed by atoms with van der Waals surface area (Å²) in [5.41, 5.74) is 1.28. The second kappa shape index (κ2) is 10.8. The summed E-state index contributed by atoms with van der Waals surface area (Å²) < 4.78 is 46.1. The predicted molar refractivity (Wildman–Crippen MR) is 121 cm³/mol. The Labute approximate surface area is 186 Å². The molecule has 3 aromatic rings. The van der Waals surface area contributed by atoms with E-state index in [-0.39, 0.29) is 11.8 Å². The number of anilines is 4. The first kappa shape index (κ1) is 23.4. The molecule has 5 nitrogen and oxygen atoms in total. The number of alkyl halides is 3. The van der Waals surface area contributed by atoms with Gasteiger partial charge >= 0.3 is 6.18 Å². The largest absolute Gasteiger partial charge is 0.494 e. The van der Waals surface area contributed by atoms with E-state index in [0.29, 0.717) is 23.7 Å². The summed E-state index contributed by atoms with van der Waals surface area (Å²) in [5.74, 6) is 0.416. The zero-order valence-electron chi connectivity index (χ0n) is 18.2. The van der Waals surface area contributed by atoms with E-state index in [0.717, 1.165) is 31.0 Å². The SMILES string of the molecule is CCCCCCOc1ccc(Nc2nc(Nc3ccc(C)cc3)ncc2C(F)(F)F)cc1. The highest BCUT2D eigenvalue weighted by Gasteiger charge is 2.35. The summed E-state index contributed by atoms with van der Waals surface area (Å²) in [6, 6.07) is 14.2. The number of benzene rings is 2. The molecule has 0 spiro atoms. The van der Waals surface area contributed by atoms with Gasteiger partial charge in [-0.3, -0.25) is 0 Å². The van der Waals surface area contributed by atoms with Gasteiger partial charge in [-0.15, -0.1) is 0 Å². The van der Waals surface area contributed by atoms with Crippen molar-refractivity contribution in [3.05, 3.63) is 65.9 Å². The van der Waals surface area contributed by atoms with E-state index in [9.17, 15) is 13.2 Å². The van der Waals surface area contributed by atoms with Crippen molar-refractivity contribution in [1.29, 1.82) is 0 Å². The van der Waals surface area contributed by atoms with Crippen LogP contribution in [0.2, 0.25) is 0 Å². The molecule has 2 aromatic carbocycles. The maximum absolute atomic E-state index is 13.5. The molecule has 170 valence electrons. The second-order valence-corrected chi connectivity index (χ2v) is 7.50. The molecular formula is C24H27F3N4O. The average Bonchev–Trinajstić information content (AvgIpc) is 2.76. The van der Waals surface area contributed by atoms with Gasteiger partial charge in [0.1, 0.15) is 17.1 Å². The third kappa shape index (κ3) is 6.87. The fraction of sp³-hybridized carbons (Fsp3) is 0.333. The smallest absolute Gasteiger partial charge is 0.421 e. The highest BCUT2D eigenvalue weighted by atomic mass is 19.4. The lowest BCUT2D eigenvalue weighted by Gasteiger charge is -2.15. The number of nitrogens with zero attached hydrogens (tertiary/aromatic N) is 2. The molecule has 2 N–H and O–H groups in total. The summed E-state index contributed by atoms with van der Waals surface area (Å²) in [6.45, 7) is 4.71. The Bertz CT molecular complexity index is 990. The Morgan fingerprint density at radius 3 is 2.19 bits per heavy atom. The molecular weight excluding hydrogens is 417 g/mol. The zero-order valence-corrected chi connectivity index (χ0v) is 18.2. The predicted octanol–water partition coefficient (Wildman–Crippen LogP) is 7.25. The molecule has 0 saturated heterocycles. The molecule has 0 bridgehead atoms. The van der Waals surface area contributed by atoms with Crippen molar-refractivity contribution in [3.63, 3.8) is 0 Å². The number of hydrogen-bond donors (Lipinski definition) is 2. The summed E-state index contributed by atoms with van der Waals surface area (Å²) in [7, 11) is 0. The van der Waals surface area contributed by atoms with Crippen molar-refractivity contribution in [1.82, 2.24) is 9.97 Å². The number of rotatable bonds is 10. The van der Waals surface area contributed by atoms with E-state index in [1.165, 1.54) is 6.42 Å². The van der Waals surface area contributed by atoms with Crippen LogP contribution in [0, 0.1) is 6.92 Å². The van der Waals surface area contributed by atoms with Crippen LogP contribution in [0.4, 0.5) is 36.3 Å². The molecule has 1 heterocycles. The fourth-order valence-corrected chi connectivity index (χ4v) is 3.00. The Kier molecular flexibility index (Phi) is 7.92. The van der Waals surface area contributed by atoms with Gasteiger partial charge in [0.2, 0.25) is 5.95 Å². The van der Waals surface area contributed by atoms with Gasteiger partial charge < -0.3 is 15.4 Å². The lowest BCUT2D eigenvalue weighted by molar-refractivity contribution is -0.137. The minimum atomic E-state index is -4.59. The number of aromatic nitrogens is 2. The molecule has 0 atom stereocenters. The van der Waals surface area contributed by atoms with E-state index in [1.54, 1.807) is 24.3 Å². The van der Waals surface area contributed by atoms with Gasteiger partial charge in [0.25, 0.3) is 0 Å². The summed E-state index contributed by atoms with van der Waals surface area (Å²) in [6.07, 6.45) is 0.606. The van der Waals surface area contributed by atoms with Gasteiger partial charge in [-0.25, -0.2) is 4.98 Å². The van der Waals surface area contributed by atoms with Gasteiger partial charge in [0.05, 0.1) is 6.61 Å². The van der Waals surface area contributed by atoms with Crippen LogP contribution >= 0.6 is 0 Å². The number of halogens is 3. The standard InChI is InChI=1S/C24H27F3N4O/c1-3-4-5-6-15-32-20-13-11-18(12-14-20)29-22-21(24(25,26)27)16-28-23(31-22)30-19-9-7-17(2)8-10-19/h7-14,16H,3-6,15H2,1-2H3,(H2,28,29,30,31). The molecule has 0 aliphatic rings. The fourth-order valence-electron chi connectivity index (χ4n) is 3.00. The van der Waals surface area contributed by atoms with E-state index in [1.807, 2.05) is 31.2 Å². The summed E-state index contributed by atoms with van der Waals surface area (Å²) >= 11 is 0. The van der Waals surface area contributed by atoms with Crippen LogP contribution in [0.1, 0.15) is 43.7 Å². The zero-order chi connectivity index (χ0) is 23.0. The van der Waals surface area contributed by atoms with E-state index in [4.69, 9.17) is 4.74 Å². The quantitative estimate of drug-likeness (QED) is 0.323. The number of unbranched alkanes of at least 4 members (excludes halogenated alkanes) is 3. The van der Waals surface area contributed by atoms with Crippen LogP contribution in [0.15, 0.2) is 54.7 Å². The van der Waals surface area contributed by atoms with Gasteiger partial charge in [-0.1, -0.05) is 43.9 Å². The molecule has 0 radical (unpaired) electrons. The maximum atomic E-state index is 13.5. The van der Waals surface area contributed by atoms with Gasteiger partial charge in [0, 0.05) is 17.6 Å². The van der Waals surface area contributed by atoms with Crippen LogP contribution in [-0.2, 0) is 6.18 Å². The molecule has 0 saturated carbocycles. The first-order valence-corrected chi connectivity index (χ1v) is 10.6. The third-order valence-electron chi connectivity index (χ3n) is 4.79. The molecule has 32 heavy (non-hydrogen) atoms. The third-order valence-corrected chi connectivity index (χ3v) is 4.79. The topological polar surface area (TPSA) is 59.1 Å². The minimum absolute atomic E-state index is 0.0661. The first-order chi connectivity index (χ1) is 15.3. The number of aryl methyl sites for hydroxylation is 1. The van der Waals surface area contributed by atoms with Crippen molar-refractivity contribution in [3.8, 4) is 5.75 Å². The van der Waals surface area contributed by atoms with Crippen molar-refractivity contribution < 1.29 is 17.9 Å². The van der Waals surface area contributed by atoms with Crippen molar-refractivity contribution in [2.24, 2.45) is 0 Å². The normalized spacial score (nSPS) is 11.3. The van der Waals surface area contributed by atoms with E-state index < -0.39 is 11.7 Å². The van der Waals surface area contributed by atoms with Crippen LogP contribution in [0.5, 0.6) is 5.75 Å². The Hall–Kier alpha value is -3.29. The van der Waals surface area contributed by atoms with Crippen LogP contribution in [0.25, 0.3) is 0 Å². The molecule has 3 rings (SSSR count). The molecule has 0 unspecified atom stereocenters. The van der Waals surface area contributed by atoms with Crippen LogP contribution in [-0.4, -0.2) is 16.6 Å². The highest BCUT2D eigenvalue weighted by molar-refractivity contribution is 5.63. The average molecular weight is 445 g/mol. The monoisotopic (exact) mass is 444 g/mol. The van der Waals surface area contributed by atoms with Crippen LogP contribution in [0.3, 0.4) is 0 Å². The Morgan fingerprint density at radius 2 is 1.53 bits per heavy atom. The second-order valence-electron chi connectivity index (χ2n) is 7.50. The highest BCUT2D eigenvalue weighted by Crippen LogP contribution is 2.35. The molecule has 1 aromatic heterocycles. The number of ether oxygens (including phenoxy) is 1. The lowest BCUT2D eigenvalue weighted by Crippen LogP contribution is -2.12. The lowest BCUT2D eigenvalue weighted by atomic mass is 10.2. The van der Waals surface area contributed by atoms with Gasteiger partial charge in [0.15, 0.2) is 0 Å². The molecule has 0 aliphatic carbocycles. The number of hydrogen-bond acceptors (Lipinski definition) is 5. The summed E-state index contributed by atoms with van der Waals surface area (Å²) in [5, 5.41) is 5.69. The Morgan fingerprint density at radius 1 is 0.875 bits per heavy atom. The van der Waals surface area contributed by atoms with Crippen molar-refractivity contribution in [2.45, 2.75) is 45.7 Å². The maximum Gasteiger partial charge on any atom is 0.421 e.